The SMILES string of the molecule is [2H]c1cc2c(c([2H])c1-c1noc(-c3ccc(OC(C)C)c(Cl)c3)n1)c([2H])c([2H])n2[2H]. The minimum atomic E-state index is -0.359. The topological polar surface area (TPSA) is 63.9 Å². The molecule has 0 amide bonds. The molecule has 25 heavy (non-hydrogen) atoms. The fourth-order valence-electron chi connectivity index (χ4n) is 2.31. The molecule has 6 heteroatoms. The molecule has 4 aromatic rings. The lowest BCUT2D eigenvalue weighted by Gasteiger charge is -2.11. The molecule has 0 saturated heterocycles. The van der Waals surface area contributed by atoms with Crippen LogP contribution in [0.25, 0.3) is 33.7 Å². The number of aromatic amines is 1. The summed E-state index contributed by atoms with van der Waals surface area (Å²) in [5.74, 6) is 0.674. The van der Waals surface area contributed by atoms with Crippen molar-refractivity contribution in [2.24, 2.45) is 0 Å². The number of nitrogens with one attached hydrogen (secondary N) is 1. The van der Waals surface area contributed by atoms with Gasteiger partial charge in [0.2, 0.25) is 5.82 Å². The average Bonchev–Trinajstić information content (AvgIpc) is 3.23. The molecule has 2 heterocycles. The van der Waals surface area contributed by atoms with E-state index < -0.39 is 0 Å². The number of hydrogen-bond donors (Lipinski definition) is 1. The zero-order valence-electron chi connectivity index (χ0n) is 18.4. The zero-order chi connectivity index (χ0) is 21.7. The van der Waals surface area contributed by atoms with E-state index in [9.17, 15) is 0 Å². The third kappa shape index (κ3) is 3.10. The molecule has 0 spiro atoms. The van der Waals surface area contributed by atoms with Crippen molar-refractivity contribution in [3.05, 3.63) is 53.6 Å². The molecule has 0 fully saturated rings. The highest BCUT2D eigenvalue weighted by Crippen LogP contribution is 2.31. The molecule has 0 aliphatic heterocycles. The van der Waals surface area contributed by atoms with E-state index in [1.807, 2.05) is 13.8 Å². The van der Waals surface area contributed by atoms with Crippen LogP contribution in [-0.2, 0) is 0 Å². The minimum absolute atomic E-state index is 0.00388. The maximum absolute atomic E-state index is 8.43. The summed E-state index contributed by atoms with van der Waals surface area (Å²) in [5, 5.41) is 4.36. The van der Waals surface area contributed by atoms with E-state index in [4.69, 9.17) is 27.8 Å². The van der Waals surface area contributed by atoms with E-state index in [1.54, 1.807) is 18.2 Å². The highest BCUT2D eigenvalue weighted by molar-refractivity contribution is 6.32. The largest absolute Gasteiger partial charge is 0.489 e. The molecule has 2 aromatic carbocycles. The van der Waals surface area contributed by atoms with Crippen LogP contribution in [0, 0.1) is 0 Å². The Labute approximate surface area is 156 Å². The molecule has 126 valence electrons. The van der Waals surface area contributed by atoms with E-state index in [-0.39, 0.29) is 58.6 Å². The van der Waals surface area contributed by atoms with Gasteiger partial charge in [-0.3, -0.25) is 0 Å². The van der Waals surface area contributed by atoms with Gasteiger partial charge >= 0.3 is 0 Å². The monoisotopic (exact) mass is 358 g/mol. The first-order valence-electron chi connectivity index (χ1n) is 10.1. The van der Waals surface area contributed by atoms with Gasteiger partial charge in [-0.15, -0.1) is 0 Å². The van der Waals surface area contributed by atoms with Gasteiger partial charge in [-0.2, -0.15) is 4.98 Å². The van der Waals surface area contributed by atoms with Crippen molar-refractivity contribution in [1.29, 1.82) is 0 Å². The van der Waals surface area contributed by atoms with Gasteiger partial charge in [0.15, 0.2) is 1.41 Å². The van der Waals surface area contributed by atoms with Crippen LogP contribution in [0.5, 0.6) is 5.75 Å². The number of aromatic nitrogens is 3. The summed E-state index contributed by atoms with van der Waals surface area (Å²) in [7, 11) is 0. The average molecular weight is 359 g/mol. The Bertz CT molecular complexity index is 1290. The number of nitrogens with zero attached hydrogens (tertiary/aromatic N) is 2. The van der Waals surface area contributed by atoms with Gasteiger partial charge in [0.05, 0.1) is 16.6 Å². The van der Waals surface area contributed by atoms with E-state index in [0.717, 1.165) is 4.98 Å². The van der Waals surface area contributed by atoms with Gasteiger partial charge in [0.1, 0.15) is 5.75 Å². The zero-order valence-corrected chi connectivity index (χ0v) is 14.2. The second kappa shape index (κ2) is 6.26. The number of benzene rings is 2. The molecule has 1 N–H and O–H groups in total. The molecular weight excluding hydrogens is 338 g/mol. The second-order valence-electron chi connectivity index (χ2n) is 5.63. The maximum Gasteiger partial charge on any atom is 0.258 e. The van der Waals surface area contributed by atoms with E-state index in [2.05, 4.69) is 10.1 Å². The van der Waals surface area contributed by atoms with Crippen LogP contribution in [0.2, 0.25) is 6.43 Å². The molecule has 0 saturated carbocycles. The fourth-order valence-corrected chi connectivity index (χ4v) is 2.54. The van der Waals surface area contributed by atoms with Crippen molar-refractivity contribution in [3.8, 4) is 28.6 Å². The van der Waals surface area contributed by atoms with Gasteiger partial charge in [-0.1, -0.05) is 16.8 Å². The predicted octanol–water partition coefficient (Wildman–Crippen LogP) is 5.33. The lowest BCUT2D eigenvalue weighted by atomic mass is 10.1. The van der Waals surface area contributed by atoms with Crippen LogP contribution in [0.3, 0.4) is 0 Å². The van der Waals surface area contributed by atoms with Crippen LogP contribution >= 0.6 is 11.6 Å². The Hall–Kier alpha value is -2.79. The molecule has 0 radical (unpaired) electrons. The molecule has 0 atom stereocenters. The van der Waals surface area contributed by atoms with E-state index in [1.165, 1.54) is 6.07 Å². The van der Waals surface area contributed by atoms with Gasteiger partial charge in [-0.05, 0) is 56.2 Å². The van der Waals surface area contributed by atoms with E-state index >= 15 is 0 Å². The normalized spacial score (nSPS) is 14.2. The van der Waals surface area contributed by atoms with Gasteiger partial charge < -0.3 is 14.2 Å². The van der Waals surface area contributed by atoms with Gasteiger partial charge in [0, 0.05) is 28.2 Å². The van der Waals surface area contributed by atoms with Crippen molar-refractivity contribution in [2.75, 3.05) is 0 Å². The number of hydrogen-bond acceptors (Lipinski definition) is 4. The number of halogens is 1. The van der Waals surface area contributed by atoms with Gasteiger partial charge in [0.25, 0.3) is 5.89 Å². The number of fused-ring (bicyclic) bond motifs is 1. The van der Waals surface area contributed by atoms with Crippen molar-refractivity contribution >= 4 is 22.5 Å². The smallest absolute Gasteiger partial charge is 0.258 e. The summed E-state index contributed by atoms with van der Waals surface area (Å²) in [6.45, 7) is 3.78. The van der Waals surface area contributed by atoms with Crippen LogP contribution in [0.1, 0.15) is 19.3 Å². The maximum atomic E-state index is 8.43. The summed E-state index contributed by atoms with van der Waals surface area (Å²) in [5.41, 5.74) is 0.739. The van der Waals surface area contributed by atoms with Crippen molar-refractivity contribution in [2.45, 2.75) is 20.0 Å². The number of H-pyrrole nitrogens is 1. The van der Waals surface area contributed by atoms with Crippen LogP contribution in [0.15, 0.2) is 53.1 Å². The Kier molecular flexibility index (Phi) is 2.74. The van der Waals surface area contributed by atoms with Crippen LogP contribution < -0.4 is 4.74 Å². The molecular formula is C19H16ClN3O2. The summed E-state index contributed by atoms with van der Waals surface area (Å²) in [4.78, 5) is 5.01. The summed E-state index contributed by atoms with van der Waals surface area (Å²) in [6.07, 6.45) is -0.392. The lowest BCUT2D eigenvalue weighted by molar-refractivity contribution is 0.242. The standard InChI is InChI=1S/C19H16ClN3O2/c1-11(2)24-17-6-4-14(10-15(17)20)19-22-18(23-25-19)13-3-5-16-12(9-13)7-8-21-16/h3-11,21H,1-2H3/i3D,7D,8D,9D/hD. The van der Waals surface area contributed by atoms with Crippen molar-refractivity contribution in [3.63, 3.8) is 0 Å². The highest BCUT2D eigenvalue weighted by atomic mass is 35.5. The molecule has 0 aliphatic carbocycles. The Balaban J connectivity index is 1.79. The molecule has 4 rings (SSSR count). The second-order valence-corrected chi connectivity index (χ2v) is 6.04. The lowest BCUT2D eigenvalue weighted by Crippen LogP contribution is -2.05. The fraction of sp³-hybridized carbons (Fsp3) is 0.158. The van der Waals surface area contributed by atoms with Gasteiger partial charge in [-0.25, -0.2) is 0 Å². The highest BCUT2D eigenvalue weighted by Gasteiger charge is 2.13. The summed E-state index contributed by atoms with van der Waals surface area (Å²) >= 11 is 6.26. The molecule has 0 aliphatic rings. The first kappa shape index (κ1) is 10.9. The summed E-state index contributed by atoms with van der Waals surface area (Å²) < 4.78 is 51.2. The van der Waals surface area contributed by atoms with Crippen LogP contribution in [0.4, 0.5) is 0 Å². The molecule has 5 nitrogen and oxygen atoms in total. The summed E-state index contributed by atoms with van der Waals surface area (Å²) in [6, 6.07) is 5.77. The Morgan fingerprint density at radius 3 is 2.96 bits per heavy atom. The Morgan fingerprint density at radius 2 is 2.16 bits per heavy atom. The third-order valence-corrected chi connectivity index (χ3v) is 3.70. The van der Waals surface area contributed by atoms with Crippen LogP contribution in [-0.4, -0.2) is 21.2 Å². The minimum Gasteiger partial charge on any atom is -0.489 e. The first-order chi connectivity index (χ1) is 14.2. The quantitative estimate of drug-likeness (QED) is 0.535. The van der Waals surface area contributed by atoms with Crippen molar-refractivity contribution < 1.29 is 16.2 Å². The Morgan fingerprint density at radius 1 is 1.28 bits per heavy atom. The first-order valence-corrected chi connectivity index (χ1v) is 7.98. The molecule has 2 aromatic heterocycles. The molecule has 0 unspecified atom stereocenters. The van der Waals surface area contributed by atoms with Crippen molar-refractivity contribution in [1.82, 2.24) is 15.1 Å². The molecule has 0 bridgehead atoms. The van der Waals surface area contributed by atoms with E-state index in [0.29, 0.717) is 16.3 Å². The third-order valence-electron chi connectivity index (χ3n) is 3.41. The number of rotatable bonds is 4. The predicted molar refractivity (Wildman–Crippen MR) is 97.8 cm³/mol. The number of ether oxygens (including phenoxy) is 1.